The molecular formula is C41H47NO3. The van der Waals surface area contributed by atoms with Crippen LogP contribution >= 0.6 is 0 Å². The number of anilines is 1. The van der Waals surface area contributed by atoms with Gasteiger partial charge in [0, 0.05) is 5.69 Å². The van der Waals surface area contributed by atoms with Crippen LogP contribution in [0.25, 0.3) is 0 Å². The molecule has 0 spiro atoms. The summed E-state index contributed by atoms with van der Waals surface area (Å²) >= 11 is 0. The first-order chi connectivity index (χ1) is 21.8. The molecule has 6 rings (SSSR count). The standard InChI is InChI=1S/C41H47NO3/c1-27-9-4-7-14-36(27)33-16-18-34(19-17-33)37-21-20-35(26-38(37)42-41(44)39-22-15-29(3)45-39)40(43)28(2)23-31-12-8-13-32(25-31)24-30-10-5-6-11-30/h4,7-9,12-15,20-22,25-26,30,33-34,40,43H,2,5-6,10-11,16-19,23-24H2,1,3H3,(H,42,44). The van der Waals surface area contributed by atoms with Crippen LogP contribution < -0.4 is 5.32 Å². The molecule has 0 saturated heterocycles. The summed E-state index contributed by atoms with van der Waals surface area (Å²) in [6, 6.07) is 27.1. The fourth-order valence-electron chi connectivity index (χ4n) is 7.72. The molecule has 4 nitrogen and oxygen atoms in total. The number of carbonyl (C=O) groups is 1. The second-order valence-corrected chi connectivity index (χ2v) is 13.5. The van der Waals surface area contributed by atoms with Gasteiger partial charge in [-0.3, -0.25) is 4.79 Å². The van der Waals surface area contributed by atoms with Crippen molar-refractivity contribution in [1.82, 2.24) is 0 Å². The second-order valence-electron chi connectivity index (χ2n) is 13.5. The van der Waals surface area contributed by atoms with Crippen LogP contribution in [-0.2, 0) is 12.8 Å². The van der Waals surface area contributed by atoms with Crippen molar-refractivity contribution in [2.75, 3.05) is 5.32 Å². The van der Waals surface area contributed by atoms with Gasteiger partial charge >= 0.3 is 0 Å². The lowest BCUT2D eigenvalue weighted by Crippen LogP contribution is -2.17. The number of aliphatic hydroxyl groups excluding tert-OH is 1. The van der Waals surface area contributed by atoms with Crippen LogP contribution in [0.3, 0.4) is 0 Å². The van der Waals surface area contributed by atoms with Gasteiger partial charge in [-0.25, -0.2) is 0 Å². The first-order valence-electron chi connectivity index (χ1n) is 16.8. The summed E-state index contributed by atoms with van der Waals surface area (Å²) in [6.45, 7) is 8.34. The molecule has 2 N–H and O–H groups in total. The van der Waals surface area contributed by atoms with Crippen LogP contribution in [0.2, 0.25) is 0 Å². The molecule has 2 aliphatic carbocycles. The molecule has 2 saturated carbocycles. The predicted octanol–water partition coefficient (Wildman–Crippen LogP) is 10.2. The smallest absolute Gasteiger partial charge is 0.291 e. The summed E-state index contributed by atoms with van der Waals surface area (Å²) in [7, 11) is 0. The minimum Gasteiger partial charge on any atom is -0.456 e. The van der Waals surface area contributed by atoms with Crippen LogP contribution in [0, 0.1) is 19.8 Å². The Bertz CT molecular complexity index is 1630. The van der Waals surface area contributed by atoms with Crippen LogP contribution in [0.5, 0.6) is 0 Å². The van der Waals surface area contributed by atoms with Crippen LogP contribution in [0.1, 0.15) is 119 Å². The van der Waals surface area contributed by atoms with E-state index in [2.05, 4.69) is 73.4 Å². The highest BCUT2D eigenvalue weighted by Crippen LogP contribution is 2.44. The maximum absolute atomic E-state index is 13.3. The number of aliphatic hydroxyl groups is 1. The number of carbonyl (C=O) groups excluding carboxylic acids is 1. The van der Waals surface area contributed by atoms with Gasteiger partial charge in [-0.05, 0) is 127 Å². The first-order valence-corrected chi connectivity index (χ1v) is 16.8. The Morgan fingerprint density at radius 3 is 2.27 bits per heavy atom. The molecular weight excluding hydrogens is 554 g/mol. The van der Waals surface area contributed by atoms with Gasteiger partial charge in [0.25, 0.3) is 5.91 Å². The number of nitrogens with one attached hydrogen (secondary N) is 1. The van der Waals surface area contributed by atoms with Gasteiger partial charge < -0.3 is 14.8 Å². The van der Waals surface area contributed by atoms with Crippen molar-refractivity contribution in [2.45, 2.75) is 96.0 Å². The van der Waals surface area contributed by atoms with Crippen molar-refractivity contribution in [3.8, 4) is 0 Å². The lowest BCUT2D eigenvalue weighted by Gasteiger charge is -2.31. The zero-order chi connectivity index (χ0) is 31.3. The maximum Gasteiger partial charge on any atom is 0.291 e. The fraction of sp³-hybridized carbons (Fsp3) is 0.390. The molecule has 1 aromatic heterocycles. The number of hydrogen-bond acceptors (Lipinski definition) is 3. The molecule has 0 radical (unpaired) electrons. The predicted molar refractivity (Wildman–Crippen MR) is 183 cm³/mol. The van der Waals surface area contributed by atoms with Crippen molar-refractivity contribution in [1.29, 1.82) is 0 Å². The monoisotopic (exact) mass is 601 g/mol. The van der Waals surface area contributed by atoms with Gasteiger partial charge in [-0.15, -0.1) is 0 Å². The summed E-state index contributed by atoms with van der Waals surface area (Å²) in [4.78, 5) is 13.3. The van der Waals surface area contributed by atoms with Gasteiger partial charge in [0.2, 0.25) is 0 Å². The lowest BCUT2D eigenvalue weighted by atomic mass is 9.75. The molecule has 4 heteroatoms. The number of rotatable bonds is 10. The van der Waals surface area contributed by atoms with Crippen molar-refractivity contribution >= 4 is 11.6 Å². The molecule has 2 aliphatic rings. The zero-order valence-corrected chi connectivity index (χ0v) is 26.9. The third kappa shape index (κ3) is 7.50. The fourth-order valence-corrected chi connectivity index (χ4v) is 7.72. The molecule has 1 unspecified atom stereocenters. The Kier molecular flexibility index (Phi) is 9.70. The third-order valence-corrected chi connectivity index (χ3v) is 10.2. The van der Waals surface area contributed by atoms with Gasteiger partial charge in [0.15, 0.2) is 5.76 Å². The van der Waals surface area contributed by atoms with E-state index in [4.69, 9.17) is 4.42 Å². The number of furan rings is 1. The van der Waals surface area contributed by atoms with Crippen LogP contribution in [0.4, 0.5) is 5.69 Å². The first kappa shape index (κ1) is 31.1. The van der Waals surface area contributed by atoms with E-state index in [0.29, 0.717) is 24.0 Å². The van der Waals surface area contributed by atoms with Crippen LogP contribution in [0.15, 0.2) is 95.4 Å². The third-order valence-electron chi connectivity index (χ3n) is 10.2. The van der Waals surface area contributed by atoms with Crippen molar-refractivity contribution in [3.63, 3.8) is 0 Å². The lowest BCUT2D eigenvalue weighted by molar-refractivity contribution is 0.0995. The molecule has 1 atom stereocenters. The summed E-state index contributed by atoms with van der Waals surface area (Å²) < 4.78 is 5.64. The number of benzene rings is 3. The van der Waals surface area contributed by atoms with Crippen molar-refractivity contribution in [3.05, 3.63) is 136 Å². The molecule has 1 heterocycles. The highest BCUT2D eigenvalue weighted by Gasteiger charge is 2.27. The largest absolute Gasteiger partial charge is 0.456 e. The maximum atomic E-state index is 13.3. The van der Waals surface area contributed by atoms with E-state index in [1.54, 1.807) is 12.1 Å². The quantitative estimate of drug-likeness (QED) is 0.178. The van der Waals surface area contributed by atoms with E-state index in [0.717, 1.165) is 60.4 Å². The van der Waals surface area contributed by atoms with Gasteiger partial charge in [-0.2, -0.15) is 0 Å². The second kappa shape index (κ2) is 14.0. The van der Waals surface area contributed by atoms with Crippen molar-refractivity contribution < 1.29 is 14.3 Å². The zero-order valence-electron chi connectivity index (χ0n) is 26.9. The van der Waals surface area contributed by atoms with E-state index in [9.17, 15) is 9.90 Å². The Labute approximate surface area is 268 Å². The van der Waals surface area contributed by atoms with E-state index < -0.39 is 6.10 Å². The van der Waals surface area contributed by atoms with Crippen LogP contribution in [-0.4, -0.2) is 11.0 Å². The number of aryl methyl sites for hydroxylation is 2. The summed E-state index contributed by atoms with van der Waals surface area (Å²) in [5.41, 5.74) is 8.73. The molecule has 0 aliphatic heterocycles. The topological polar surface area (TPSA) is 62.5 Å². The molecule has 1 amide bonds. The molecule has 3 aromatic carbocycles. The average Bonchev–Trinajstić information content (AvgIpc) is 3.73. The SMILES string of the molecule is C=C(Cc1cccc(CC2CCCC2)c1)C(O)c1ccc(C2CCC(c3ccccc3C)CC2)c(NC(=O)c2ccc(C)o2)c1. The Balaban J connectivity index is 1.19. The Hall–Kier alpha value is -3.89. The van der Waals surface area contributed by atoms with Crippen molar-refractivity contribution in [2.24, 2.45) is 5.92 Å². The van der Waals surface area contributed by atoms with Gasteiger partial charge in [0.05, 0.1) is 0 Å². The van der Waals surface area contributed by atoms with E-state index in [1.165, 1.54) is 47.9 Å². The van der Waals surface area contributed by atoms with Gasteiger partial charge in [0.1, 0.15) is 11.9 Å². The Morgan fingerprint density at radius 1 is 0.844 bits per heavy atom. The minimum absolute atomic E-state index is 0.275. The molecule has 234 valence electrons. The molecule has 2 fully saturated rings. The summed E-state index contributed by atoms with van der Waals surface area (Å²) in [5, 5.41) is 14.6. The number of hydrogen-bond donors (Lipinski definition) is 2. The average molecular weight is 602 g/mol. The van der Waals surface area contributed by atoms with E-state index in [1.807, 2.05) is 19.1 Å². The van der Waals surface area contributed by atoms with Gasteiger partial charge in [-0.1, -0.05) is 92.9 Å². The summed E-state index contributed by atoms with van der Waals surface area (Å²) in [6.07, 6.45) is 10.6. The normalized spacial score (nSPS) is 19.4. The molecule has 0 bridgehead atoms. The minimum atomic E-state index is -0.837. The van der Waals surface area contributed by atoms with E-state index in [-0.39, 0.29) is 11.7 Å². The molecule has 4 aromatic rings. The highest BCUT2D eigenvalue weighted by atomic mass is 16.3. The number of amides is 1. The van der Waals surface area contributed by atoms with E-state index >= 15 is 0 Å². The Morgan fingerprint density at radius 2 is 1.56 bits per heavy atom. The molecule has 45 heavy (non-hydrogen) atoms. The summed E-state index contributed by atoms with van der Waals surface area (Å²) in [5.74, 6) is 2.40. The highest BCUT2D eigenvalue weighted by molar-refractivity contribution is 6.02.